The molecule has 1 saturated heterocycles. The van der Waals surface area contributed by atoms with E-state index in [1.54, 1.807) is 7.11 Å². The minimum absolute atomic E-state index is 0. The number of halogens is 1. The van der Waals surface area contributed by atoms with Crippen LogP contribution in [-0.2, 0) is 0 Å². The lowest BCUT2D eigenvalue weighted by atomic mass is 10.2. The van der Waals surface area contributed by atoms with Crippen LogP contribution in [0.5, 0.6) is 5.75 Å². The van der Waals surface area contributed by atoms with Gasteiger partial charge in [-0.2, -0.15) is 0 Å². The Morgan fingerprint density at radius 1 is 1.39 bits per heavy atom. The van der Waals surface area contributed by atoms with Gasteiger partial charge in [-0.05, 0) is 49.6 Å². The SMILES string of the molecule is COc1ccc(NC(N)=NC[C@H]2CCCN2CC(C)C)cc1.I. The van der Waals surface area contributed by atoms with E-state index >= 15 is 0 Å². The zero-order valence-electron chi connectivity index (χ0n) is 14.3. The Hall–Kier alpha value is -1.02. The molecular weight excluding hydrogens is 403 g/mol. The molecule has 1 aromatic carbocycles. The number of anilines is 1. The maximum atomic E-state index is 5.99. The molecule has 0 saturated carbocycles. The molecule has 0 unspecified atom stereocenters. The summed E-state index contributed by atoms with van der Waals surface area (Å²) >= 11 is 0. The molecule has 1 atom stereocenters. The van der Waals surface area contributed by atoms with Gasteiger partial charge in [0, 0.05) is 18.3 Å². The lowest BCUT2D eigenvalue weighted by Crippen LogP contribution is -2.35. The number of nitrogens with two attached hydrogens (primary N) is 1. The molecule has 0 aromatic heterocycles. The van der Waals surface area contributed by atoms with Crippen LogP contribution in [0.4, 0.5) is 5.69 Å². The second-order valence-electron chi connectivity index (χ2n) is 6.26. The van der Waals surface area contributed by atoms with Crippen LogP contribution in [0.3, 0.4) is 0 Å². The van der Waals surface area contributed by atoms with Crippen molar-refractivity contribution in [3.05, 3.63) is 24.3 Å². The number of rotatable bonds is 6. The van der Waals surface area contributed by atoms with Crippen LogP contribution >= 0.6 is 24.0 Å². The molecule has 1 fully saturated rings. The minimum atomic E-state index is 0. The molecule has 1 aliphatic rings. The molecule has 0 amide bonds. The molecule has 6 heteroatoms. The highest BCUT2D eigenvalue weighted by Gasteiger charge is 2.24. The average Bonchev–Trinajstić information content (AvgIpc) is 2.92. The van der Waals surface area contributed by atoms with Gasteiger partial charge in [0.1, 0.15) is 5.75 Å². The second kappa shape index (κ2) is 9.97. The van der Waals surface area contributed by atoms with Crippen molar-refractivity contribution in [3.63, 3.8) is 0 Å². The maximum absolute atomic E-state index is 5.99. The van der Waals surface area contributed by atoms with Gasteiger partial charge in [0.05, 0.1) is 13.7 Å². The summed E-state index contributed by atoms with van der Waals surface area (Å²) in [5.74, 6) is 2.00. The van der Waals surface area contributed by atoms with Gasteiger partial charge in [0.25, 0.3) is 0 Å². The Morgan fingerprint density at radius 2 is 2.09 bits per heavy atom. The first-order valence-electron chi connectivity index (χ1n) is 8.03. The summed E-state index contributed by atoms with van der Waals surface area (Å²) in [5, 5.41) is 3.13. The van der Waals surface area contributed by atoms with E-state index in [0.29, 0.717) is 17.9 Å². The fourth-order valence-electron chi connectivity index (χ4n) is 2.88. The van der Waals surface area contributed by atoms with E-state index in [1.165, 1.54) is 19.4 Å². The molecule has 23 heavy (non-hydrogen) atoms. The summed E-state index contributed by atoms with van der Waals surface area (Å²) in [6, 6.07) is 8.19. The molecule has 3 N–H and O–H groups in total. The standard InChI is InChI=1S/C17H28N4O.HI/c1-13(2)12-21-10-4-5-15(21)11-19-17(18)20-14-6-8-16(22-3)9-7-14;/h6-9,13,15H,4-5,10-12H2,1-3H3,(H3,18,19,20);1H/t15-;/m1./s1. The molecule has 130 valence electrons. The van der Waals surface area contributed by atoms with E-state index in [0.717, 1.165) is 24.5 Å². The van der Waals surface area contributed by atoms with Gasteiger partial charge in [-0.25, -0.2) is 0 Å². The zero-order chi connectivity index (χ0) is 15.9. The number of nitrogens with zero attached hydrogens (tertiary/aromatic N) is 2. The zero-order valence-corrected chi connectivity index (χ0v) is 16.6. The molecule has 0 bridgehead atoms. The quantitative estimate of drug-likeness (QED) is 0.412. The molecule has 1 heterocycles. The number of nitrogens with one attached hydrogen (secondary N) is 1. The Morgan fingerprint density at radius 3 is 2.70 bits per heavy atom. The number of likely N-dealkylation sites (tertiary alicyclic amines) is 1. The van der Waals surface area contributed by atoms with Crippen LogP contribution < -0.4 is 15.8 Å². The lowest BCUT2D eigenvalue weighted by molar-refractivity contribution is 0.231. The fourth-order valence-corrected chi connectivity index (χ4v) is 2.88. The van der Waals surface area contributed by atoms with Gasteiger partial charge < -0.3 is 15.8 Å². The van der Waals surface area contributed by atoms with Crippen LogP contribution in [0.1, 0.15) is 26.7 Å². The second-order valence-corrected chi connectivity index (χ2v) is 6.26. The van der Waals surface area contributed by atoms with E-state index in [2.05, 4.69) is 29.1 Å². The number of guanidine groups is 1. The van der Waals surface area contributed by atoms with Crippen LogP contribution in [-0.4, -0.2) is 43.6 Å². The fraction of sp³-hybridized carbons (Fsp3) is 0.588. The lowest BCUT2D eigenvalue weighted by Gasteiger charge is -2.24. The third-order valence-electron chi connectivity index (χ3n) is 3.93. The largest absolute Gasteiger partial charge is 0.497 e. The van der Waals surface area contributed by atoms with Crippen molar-refractivity contribution in [3.8, 4) is 5.75 Å². The monoisotopic (exact) mass is 432 g/mol. The number of aliphatic imine (C=N–C) groups is 1. The van der Waals surface area contributed by atoms with Crippen molar-refractivity contribution < 1.29 is 4.74 Å². The van der Waals surface area contributed by atoms with Crippen LogP contribution in [0, 0.1) is 5.92 Å². The maximum Gasteiger partial charge on any atom is 0.193 e. The van der Waals surface area contributed by atoms with E-state index in [9.17, 15) is 0 Å². The molecule has 5 nitrogen and oxygen atoms in total. The first-order valence-corrected chi connectivity index (χ1v) is 8.03. The van der Waals surface area contributed by atoms with Crippen molar-refractivity contribution in [2.24, 2.45) is 16.6 Å². The third-order valence-corrected chi connectivity index (χ3v) is 3.93. The molecular formula is C17H29IN4O. The highest BCUT2D eigenvalue weighted by molar-refractivity contribution is 14.0. The smallest absolute Gasteiger partial charge is 0.193 e. The molecule has 0 spiro atoms. The predicted octanol–water partition coefficient (Wildman–Crippen LogP) is 3.16. The predicted molar refractivity (Wildman–Crippen MR) is 108 cm³/mol. The molecule has 1 aromatic rings. The van der Waals surface area contributed by atoms with Crippen molar-refractivity contribution in [2.45, 2.75) is 32.7 Å². The summed E-state index contributed by atoms with van der Waals surface area (Å²) in [7, 11) is 1.66. The van der Waals surface area contributed by atoms with Crippen molar-refractivity contribution in [1.29, 1.82) is 0 Å². The first-order chi connectivity index (χ1) is 10.6. The number of methoxy groups -OCH3 is 1. The molecule has 1 aliphatic heterocycles. The minimum Gasteiger partial charge on any atom is -0.497 e. The highest BCUT2D eigenvalue weighted by Crippen LogP contribution is 2.19. The van der Waals surface area contributed by atoms with Crippen LogP contribution in [0.15, 0.2) is 29.3 Å². The average molecular weight is 432 g/mol. The summed E-state index contributed by atoms with van der Waals surface area (Å²) in [5.41, 5.74) is 6.91. The number of ether oxygens (including phenoxy) is 1. The van der Waals surface area contributed by atoms with E-state index in [1.807, 2.05) is 24.3 Å². The topological polar surface area (TPSA) is 62.9 Å². The summed E-state index contributed by atoms with van der Waals surface area (Å²) in [4.78, 5) is 7.05. The molecule has 0 aliphatic carbocycles. The summed E-state index contributed by atoms with van der Waals surface area (Å²) in [6.45, 7) is 7.62. The summed E-state index contributed by atoms with van der Waals surface area (Å²) in [6.07, 6.45) is 2.48. The Kier molecular flexibility index (Phi) is 8.68. The number of hydrogen-bond donors (Lipinski definition) is 2. The van der Waals surface area contributed by atoms with Gasteiger partial charge in [-0.1, -0.05) is 13.8 Å². The van der Waals surface area contributed by atoms with Gasteiger partial charge in [0.2, 0.25) is 0 Å². The van der Waals surface area contributed by atoms with Gasteiger partial charge in [-0.3, -0.25) is 9.89 Å². The van der Waals surface area contributed by atoms with Gasteiger partial charge in [0.15, 0.2) is 5.96 Å². The third kappa shape index (κ3) is 6.55. The Balaban J connectivity index is 0.00000264. The van der Waals surface area contributed by atoms with Crippen molar-refractivity contribution in [1.82, 2.24) is 4.90 Å². The normalized spacial score (nSPS) is 18.8. The van der Waals surface area contributed by atoms with Crippen LogP contribution in [0.25, 0.3) is 0 Å². The van der Waals surface area contributed by atoms with Crippen molar-refractivity contribution >= 4 is 35.6 Å². The summed E-state index contributed by atoms with van der Waals surface area (Å²) < 4.78 is 5.14. The molecule has 0 radical (unpaired) electrons. The first kappa shape index (κ1) is 20.0. The van der Waals surface area contributed by atoms with E-state index in [-0.39, 0.29) is 24.0 Å². The number of benzene rings is 1. The van der Waals surface area contributed by atoms with Crippen LogP contribution in [0.2, 0.25) is 0 Å². The van der Waals surface area contributed by atoms with Gasteiger partial charge in [-0.15, -0.1) is 24.0 Å². The Bertz CT molecular complexity index is 490. The number of hydrogen-bond acceptors (Lipinski definition) is 3. The highest BCUT2D eigenvalue weighted by atomic mass is 127. The van der Waals surface area contributed by atoms with Crippen molar-refractivity contribution in [2.75, 3.05) is 32.1 Å². The molecule has 2 rings (SSSR count). The van der Waals surface area contributed by atoms with Gasteiger partial charge >= 0.3 is 0 Å². The van der Waals surface area contributed by atoms with E-state index < -0.39 is 0 Å². The van der Waals surface area contributed by atoms with E-state index in [4.69, 9.17) is 10.5 Å². The Labute approximate surface area is 156 Å².